The van der Waals surface area contributed by atoms with Gasteiger partial charge in [0, 0.05) is 31.7 Å². The molecule has 0 radical (unpaired) electrons. The highest BCUT2D eigenvalue weighted by molar-refractivity contribution is 6.30. The molecular weight excluding hydrogens is 287 g/mol. The maximum absolute atomic E-state index is 13.3. The first kappa shape index (κ1) is 16.7. The number of hydrogen-bond donors (Lipinski definition) is 1. The van der Waals surface area contributed by atoms with Gasteiger partial charge in [0.05, 0.1) is 5.02 Å². The molecular formula is C17H26ClFN2. The van der Waals surface area contributed by atoms with E-state index in [1.54, 1.807) is 6.07 Å². The van der Waals surface area contributed by atoms with E-state index in [4.69, 9.17) is 11.6 Å². The number of hydrogen-bond acceptors (Lipinski definition) is 2. The molecule has 1 heterocycles. The molecule has 1 aliphatic heterocycles. The fourth-order valence-corrected chi connectivity index (χ4v) is 3.22. The summed E-state index contributed by atoms with van der Waals surface area (Å²) >= 11 is 5.90. The predicted octanol–water partition coefficient (Wildman–Crippen LogP) is 3.93. The second-order valence-corrected chi connectivity index (χ2v) is 7.16. The Bertz CT molecular complexity index is 476. The molecule has 0 spiro atoms. The third kappa shape index (κ3) is 4.18. The van der Waals surface area contributed by atoms with Gasteiger partial charge in [-0.3, -0.25) is 4.90 Å². The van der Waals surface area contributed by atoms with E-state index in [0.717, 1.165) is 25.2 Å². The molecule has 1 fully saturated rings. The highest BCUT2D eigenvalue weighted by Gasteiger charge is 2.30. The van der Waals surface area contributed by atoms with Crippen molar-refractivity contribution in [1.82, 2.24) is 10.2 Å². The van der Waals surface area contributed by atoms with Crippen LogP contribution in [0.25, 0.3) is 0 Å². The van der Waals surface area contributed by atoms with Crippen molar-refractivity contribution in [2.75, 3.05) is 13.1 Å². The fourth-order valence-electron chi connectivity index (χ4n) is 3.01. The highest BCUT2D eigenvalue weighted by atomic mass is 35.5. The van der Waals surface area contributed by atoms with E-state index >= 15 is 0 Å². The van der Waals surface area contributed by atoms with Crippen molar-refractivity contribution >= 4 is 11.6 Å². The van der Waals surface area contributed by atoms with Crippen LogP contribution in [0.15, 0.2) is 18.2 Å². The Morgan fingerprint density at radius 1 is 1.29 bits per heavy atom. The highest BCUT2D eigenvalue weighted by Crippen LogP contribution is 2.23. The Labute approximate surface area is 132 Å². The summed E-state index contributed by atoms with van der Waals surface area (Å²) in [7, 11) is 0. The molecule has 2 atom stereocenters. The van der Waals surface area contributed by atoms with Crippen LogP contribution in [0.5, 0.6) is 0 Å². The van der Waals surface area contributed by atoms with Gasteiger partial charge in [0.25, 0.3) is 0 Å². The first-order valence-corrected chi connectivity index (χ1v) is 8.17. The minimum absolute atomic E-state index is 0.212. The van der Waals surface area contributed by atoms with Gasteiger partial charge in [-0.25, -0.2) is 4.39 Å². The first-order valence-electron chi connectivity index (χ1n) is 7.79. The second-order valence-electron chi connectivity index (χ2n) is 6.75. The SMILES string of the molecule is CC(C)C1CN(Cc2ccc(F)c(Cl)c2)C(C(C)C)CN1. The van der Waals surface area contributed by atoms with Crippen LogP contribution >= 0.6 is 11.6 Å². The van der Waals surface area contributed by atoms with Gasteiger partial charge in [-0.05, 0) is 29.5 Å². The van der Waals surface area contributed by atoms with Crippen molar-refractivity contribution in [1.29, 1.82) is 0 Å². The summed E-state index contributed by atoms with van der Waals surface area (Å²) in [4.78, 5) is 2.51. The molecule has 0 bridgehead atoms. The summed E-state index contributed by atoms with van der Waals surface area (Å²) in [5.74, 6) is 0.847. The molecule has 1 aromatic carbocycles. The second kappa shape index (κ2) is 7.08. The number of nitrogens with zero attached hydrogens (tertiary/aromatic N) is 1. The van der Waals surface area contributed by atoms with E-state index in [-0.39, 0.29) is 10.8 Å². The van der Waals surface area contributed by atoms with Crippen molar-refractivity contribution in [2.24, 2.45) is 11.8 Å². The molecule has 0 aliphatic carbocycles. The van der Waals surface area contributed by atoms with Crippen LogP contribution in [-0.2, 0) is 6.54 Å². The summed E-state index contributed by atoms with van der Waals surface area (Å²) in [5, 5.41) is 3.87. The Kier molecular flexibility index (Phi) is 5.64. The van der Waals surface area contributed by atoms with Gasteiger partial charge < -0.3 is 5.32 Å². The van der Waals surface area contributed by atoms with Gasteiger partial charge in [-0.2, -0.15) is 0 Å². The quantitative estimate of drug-likeness (QED) is 0.906. The molecule has 0 saturated carbocycles. The number of piperazine rings is 1. The third-order valence-corrected chi connectivity index (χ3v) is 4.72. The van der Waals surface area contributed by atoms with Gasteiger partial charge in [0.2, 0.25) is 0 Å². The lowest BCUT2D eigenvalue weighted by atomic mass is 9.94. The monoisotopic (exact) mass is 312 g/mol. The minimum atomic E-state index is -0.346. The lowest BCUT2D eigenvalue weighted by Gasteiger charge is -2.43. The fraction of sp³-hybridized carbons (Fsp3) is 0.647. The molecule has 2 rings (SSSR count). The average Bonchev–Trinajstić information content (AvgIpc) is 2.42. The van der Waals surface area contributed by atoms with E-state index < -0.39 is 0 Å². The average molecular weight is 313 g/mol. The van der Waals surface area contributed by atoms with Gasteiger partial charge in [0.15, 0.2) is 0 Å². The standard InChI is InChI=1S/C17H26ClFN2/c1-11(2)16-10-21(17(8-20-16)12(3)4)9-13-5-6-15(19)14(18)7-13/h5-7,11-12,16-17,20H,8-10H2,1-4H3. The van der Waals surface area contributed by atoms with Crippen molar-refractivity contribution in [3.05, 3.63) is 34.6 Å². The number of halogens is 2. The molecule has 2 nitrogen and oxygen atoms in total. The third-order valence-electron chi connectivity index (χ3n) is 4.43. The van der Waals surface area contributed by atoms with Crippen molar-refractivity contribution < 1.29 is 4.39 Å². The Balaban J connectivity index is 2.13. The van der Waals surface area contributed by atoms with E-state index in [9.17, 15) is 4.39 Å². The molecule has 0 aromatic heterocycles. The first-order chi connectivity index (χ1) is 9.88. The molecule has 118 valence electrons. The van der Waals surface area contributed by atoms with E-state index in [1.165, 1.54) is 6.07 Å². The van der Waals surface area contributed by atoms with Crippen LogP contribution in [0.2, 0.25) is 5.02 Å². The van der Waals surface area contributed by atoms with Crippen LogP contribution in [0.4, 0.5) is 4.39 Å². The molecule has 1 aliphatic rings. The zero-order valence-corrected chi connectivity index (χ0v) is 14.1. The normalized spacial score (nSPS) is 24.0. The maximum Gasteiger partial charge on any atom is 0.141 e. The number of benzene rings is 1. The summed E-state index contributed by atoms with van der Waals surface area (Å²) in [6.07, 6.45) is 0. The van der Waals surface area contributed by atoms with E-state index in [0.29, 0.717) is 23.9 Å². The largest absolute Gasteiger partial charge is 0.311 e. The summed E-state index contributed by atoms with van der Waals surface area (Å²) in [5.41, 5.74) is 1.08. The van der Waals surface area contributed by atoms with Crippen molar-refractivity contribution in [3.63, 3.8) is 0 Å². The van der Waals surface area contributed by atoms with Gasteiger partial charge >= 0.3 is 0 Å². The predicted molar refractivity (Wildman–Crippen MR) is 87.1 cm³/mol. The van der Waals surface area contributed by atoms with Crippen LogP contribution in [0.3, 0.4) is 0 Å². The Hall–Kier alpha value is -0.640. The molecule has 2 unspecified atom stereocenters. The van der Waals surface area contributed by atoms with E-state index in [2.05, 4.69) is 37.9 Å². The van der Waals surface area contributed by atoms with E-state index in [1.807, 2.05) is 6.07 Å². The van der Waals surface area contributed by atoms with Gasteiger partial charge in [0.1, 0.15) is 5.82 Å². The number of rotatable bonds is 4. The topological polar surface area (TPSA) is 15.3 Å². The smallest absolute Gasteiger partial charge is 0.141 e. The van der Waals surface area contributed by atoms with Crippen LogP contribution in [0, 0.1) is 17.7 Å². The van der Waals surface area contributed by atoms with Gasteiger partial charge in [-0.1, -0.05) is 45.4 Å². The molecule has 0 amide bonds. The lowest BCUT2D eigenvalue weighted by Crippen LogP contribution is -2.59. The van der Waals surface area contributed by atoms with Crippen LogP contribution in [0.1, 0.15) is 33.3 Å². The summed E-state index contributed by atoms with van der Waals surface area (Å²) in [6.45, 7) is 11.9. The summed E-state index contributed by atoms with van der Waals surface area (Å²) < 4.78 is 13.3. The molecule has 4 heteroatoms. The van der Waals surface area contributed by atoms with Gasteiger partial charge in [-0.15, -0.1) is 0 Å². The zero-order valence-electron chi connectivity index (χ0n) is 13.4. The van der Waals surface area contributed by atoms with Crippen molar-refractivity contribution in [3.8, 4) is 0 Å². The van der Waals surface area contributed by atoms with Crippen LogP contribution in [-0.4, -0.2) is 30.1 Å². The van der Waals surface area contributed by atoms with Crippen molar-refractivity contribution in [2.45, 2.75) is 46.3 Å². The van der Waals surface area contributed by atoms with Crippen LogP contribution < -0.4 is 5.32 Å². The molecule has 1 aromatic rings. The maximum atomic E-state index is 13.3. The Morgan fingerprint density at radius 2 is 2.00 bits per heavy atom. The minimum Gasteiger partial charge on any atom is -0.311 e. The number of nitrogens with one attached hydrogen (secondary N) is 1. The molecule has 1 saturated heterocycles. The zero-order chi connectivity index (χ0) is 15.6. The summed E-state index contributed by atoms with van der Waals surface area (Å²) in [6, 6.07) is 6.07. The molecule has 1 N–H and O–H groups in total. The Morgan fingerprint density at radius 3 is 2.57 bits per heavy atom. The lowest BCUT2D eigenvalue weighted by molar-refractivity contribution is 0.0783. The molecule has 21 heavy (non-hydrogen) atoms.